The van der Waals surface area contributed by atoms with Crippen molar-refractivity contribution in [3.63, 3.8) is 0 Å². The molecule has 2 aliphatic rings. The third kappa shape index (κ3) is 6.55. The van der Waals surface area contributed by atoms with E-state index in [1.807, 2.05) is 54.6 Å². The molecule has 0 N–H and O–H groups in total. The summed E-state index contributed by atoms with van der Waals surface area (Å²) in [4.78, 5) is 0. The number of ether oxygens (including phenoxy) is 9. The topological polar surface area (TPSA) is 83.1 Å². The van der Waals surface area contributed by atoms with Crippen LogP contribution in [0.25, 0.3) is 0 Å². The smallest absolute Gasteiger partial charge is 0.231 e. The van der Waals surface area contributed by atoms with Crippen LogP contribution in [-0.4, -0.2) is 48.1 Å². The van der Waals surface area contributed by atoms with Gasteiger partial charge in [0.25, 0.3) is 0 Å². The highest BCUT2D eigenvalue weighted by atomic mass is 16.7. The van der Waals surface area contributed by atoms with Crippen LogP contribution in [-0.2, 0) is 14.2 Å². The van der Waals surface area contributed by atoms with Gasteiger partial charge in [-0.15, -0.1) is 0 Å². The lowest BCUT2D eigenvalue weighted by molar-refractivity contribution is -0.152. The van der Waals surface area contributed by atoms with E-state index in [1.165, 1.54) is 0 Å². The molecule has 0 saturated carbocycles. The van der Waals surface area contributed by atoms with Gasteiger partial charge in [-0.3, -0.25) is 0 Å². The van der Waals surface area contributed by atoms with Gasteiger partial charge in [-0.25, -0.2) is 0 Å². The molecule has 2 aliphatic heterocycles. The van der Waals surface area contributed by atoms with Crippen molar-refractivity contribution in [3.05, 3.63) is 71.3 Å². The van der Waals surface area contributed by atoms with Gasteiger partial charge in [0.1, 0.15) is 6.10 Å². The van der Waals surface area contributed by atoms with E-state index in [0.717, 1.165) is 29.5 Å². The third-order valence-corrected chi connectivity index (χ3v) is 8.57. The van der Waals surface area contributed by atoms with Gasteiger partial charge in [0.05, 0.1) is 33.5 Å². The monoisotopic (exact) mass is 608 g/mol. The first-order valence-electron chi connectivity index (χ1n) is 15.2. The van der Waals surface area contributed by atoms with Crippen LogP contribution >= 0.6 is 0 Å². The fraction of sp³-hybridized carbons (Fsp3) is 0.486. The highest BCUT2D eigenvalue weighted by molar-refractivity contribution is 5.47. The van der Waals surface area contributed by atoms with Crippen LogP contribution in [0.4, 0.5) is 0 Å². The Morgan fingerprint density at radius 2 is 1.34 bits per heavy atom. The Morgan fingerprint density at radius 3 is 1.95 bits per heavy atom. The molecule has 0 spiro atoms. The first-order valence-corrected chi connectivity index (χ1v) is 15.2. The van der Waals surface area contributed by atoms with Gasteiger partial charge in [-0.1, -0.05) is 45.4 Å². The van der Waals surface area contributed by atoms with Crippen molar-refractivity contribution in [2.24, 2.45) is 11.8 Å². The van der Waals surface area contributed by atoms with Crippen molar-refractivity contribution in [3.8, 4) is 34.5 Å². The van der Waals surface area contributed by atoms with Crippen molar-refractivity contribution in [2.45, 2.75) is 58.2 Å². The summed E-state index contributed by atoms with van der Waals surface area (Å²) in [5.41, 5.74) is 2.94. The lowest BCUT2D eigenvalue weighted by Gasteiger charge is -2.28. The maximum absolute atomic E-state index is 6.70. The molecule has 44 heavy (non-hydrogen) atoms. The summed E-state index contributed by atoms with van der Waals surface area (Å²) in [5, 5.41) is 0. The molecule has 0 aliphatic carbocycles. The van der Waals surface area contributed by atoms with E-state index >= 15 is 0 Å². The van der Waals surface area contributed by atoms with Gasteiger partial charge in [0, 0.05) is 13.7 Å². The lowest BCUT2D eigenvalue weighted by Crippen LogP contribution is -2.30. The van der Waals surface area contributed by atoms with Crippen LogP contribution in [0.2, 0.25) is 0 Å². The second-order valence-electron chi connectivity index (χ2n) is 11.2. The fourth-order valence-corrected chi connectivity index (χ4v) is 5.85. The first kappa shape index (κ1) is 31.8. The highest BCUT2D eigenvalue weighted by Crippen LogP contribution is 2.51. The van der Waals surface area contributed by atoms with Gasteiger partial charge in [0.15, 0.2) is 34.5 Å². The molecule has 9 heteroatoms. The average molecular weight is 609 g/mol. The van der Waals surface area contributed by atoms with Gasteiger partial charge in [-0.2, -0.15) is 0 Å². The van der Waals surface area contributed by atoms with E-state index in [0.29, 0.717) is 41.1 Å². The molecular weight excluding hydrogens is 564 g/mol. The fourth-order valence-electron chi connectivity index (χ4n) is 5.85. The number of rotatable bonds is 14. The Kier molecular flexibility index (Phi) is 10.4. The van der Waals surface area contributed by atoms with E-state index < -0.39 is 12.4 Å². The summed E-state index contributed by atoms with van der Waals surface area (Å²) in [7, 11) is 6.52. The van der Waals surface area contributed by atoms with Crippen molar-refractivity contribution in [2.75, 3.05) is 41.8 Å². The SMILES string of the molecule is CCCCOC(c1ccc2c(c1)OCO2)C(OC)Oc1ccc([C@H]2O[C@@H](c3ccc(OC)c(OC)c3)[C@@H](C)[C@H]2C)cc1OC. The van der Waals surface area contributed by atoms with Crippen molar-refractivity contribution < 1.29 is 42.6 Å². The lowest BCUT2D eigenvalue weighted by atomic mass is 9.85. The molecule has 238 valence electrons. The van der Waals surface area contributed by atoms with Gasteiger partial charge >= 0.3 is 0 Å². The van der Waals surface area contributed by atoms with Gasteiger partial charge in [0.2, 0.25) is 13.1 Å². The number of unbranched alkanes of at least 4 members (excludes halogenated alkanes) is 1. The third-order valence-electron chi connectivity index (χ3n) is 8.57. The van der Waals surface area contributed by atoms with Crippen LogP contribution in [0.3, 0.4) is 0 Å². The minimum Gasteiger partial charge on any atom is -0.493 e. The maximum Gasteiger partial charge on any atom is 0.231 e. The molecule has 0 amide bonds. The maximum atomic E-state index is 6.70. The predicted octanol–water partition coefficient (Wildman–Crippen LogP) is 7.44. The molecular formula is C35H44O9. The molecule has 5 rings (SSSR count). The largest absolute Gasteiger partial charge is 0.493 e. The Hall–Kier alpha value is -3.66. The van der Waals surface area contributed by atoms with Crippen molar-refractivity contribution in [1.82, 2.24) is 0 Å². The number of fused-ring (bicyclic) bond motifs is 1. The van der Waals surface area contributed by atoms with E-state index in [1.54, 1.807) is 28.4 Å². The number of methoxy groups -OCH3 is 4. The van der Waals surface area contributed by atoms with Gasteiger partial charge in [-0.05, 0) is 71.3 Å². The van der Waals surface area contributed by atoms with E-state index in [4.69, 9.17) is 42.6 Å². The molecule has 1 fully saturated rings. The second kappa shape index (κ2) is 14.4. The minimum absolute atomic E-state index is 0.0997. The van der Waals surface area contributed by atoms with Crippen LogP contribution in [0, 0.1) is 11.8 Å². The van der Waals surface area contributed by atoms with E-state index in [-0.39, 0.29) is 30.8 Å². The zero-order valence-corrected chi connectivity index (χ0v) is 26.7. The molecule has 6 atom stereocenters. The summed E-state index contributed by atoms with van der Waals surface area (Å²) < 4.78 is 53.2. The first-order chi connectivity index (χ1) is 21.4. The molecule has 3 aromatic carbocycles. The second-order valence-corrected chi connectivity index (χ2v) is 11.2. The Balaban J connectivity index is 1.37. The summed E-state index contributed by atoms with van der Waals surface area (Å²) >= 11 is 0. The summed E-state index contributed by atoms with van der Waals surface area (Å²) in [6, 6.07) is 17.6. The van der Waals surface area contributed by atoms with E-state index in [2.05, 4.69) is 20.8 Å². The molecule has 2 unspecified atom stereocenters. The molecule has 2 heterocycles. The minimum atomic E-state index is -0.747. The zero-order valence-electron chi connectivity index (χ0n) is 26.7. The number of benzene rings is 3. The Morgan fingerprint density at radius 1 is 0.727 bits per heavy atom. The summed E-state index contributed by atoms with van der Waals surface area (Å²) in [6.07, 6.45) is 0.433. The zero-order chi connectivity index (χ0) is 31.2. The number of hydrogen-bond acceptors (Lipinski definition) is 9. The molecule has 0 bridgehead atoms. The predicted molar refractivity (Wildman–Crippen MR) is 165 cm³/mol. The molecule has 1 saturated heterocycles. The molecule has 0 aromatic heterocycles. The summed E-state index contributed by atoms with van der Waals surface area (Å²) in [5.74, 6) is 4.40. The van der Waals surface area contributed by atoms with Crippen molar-refractivity contribution in [1.29, 1.82) is 0 Å². The molecule has 3 aromatic rings. The van der Waals surface area contributed by atoms with Crippen LogP contribution in [0.5, 0.6) is 34.5 Å². The highest BCUT2D eigenvalue weighted by Gasteiger charge is 2.41. The Labute approximate surface area is 260 Å². The van der Waals surface area contributed by atoms with Crippen LogP contribution in [0.15, 0.2) is 54.6 Å². The normalized spacial score (nSPS) is 22.0. The molecule has 9 nitrogen and oxygen atoms in total. The van der Waals surface area contributed by atoms with Gasteiger partial charge < -0.3 is 42.6 Å². The standard InChI is InChI=1S/C35H44O9/c1-8-9-16-40-34(25-11-14-27-31(19-25)42-20-41-27)35(39-7)43-28-15-12-24(18-30(28)38-6)33-22(3)21(2)32(44-33)23-10-13-26(36-4)29(17-23)37-5/h10-15,17-19,21-22,32-35H,8-9,16,20H2,1-7H3/t21-,22+,32+,33-,34?,35?/m0/s1. The Bertz CT molecular complexity index is 1390. The van der Waals surface area contributed by atoms with Crippen molar-refractivity contribution >= 4 is 0 Å². The average Bonchev–Trinajstić information content (AvgIpc) is 3.65. The summed E-state index contributed by atoms with van der Waals surface area (Å²) in [6.45, 7) is 7.33. The molecule has 0 radical (unpaired) electrons. The quantitative estimate of drug-likeness (QED) is 0.137. The van der Waals surface area contributed by atoms with Crippen LogP contribution < -0.4 is 28.4 Å². The van der Waals surface area contributed by atoms with E-state index in [9.17, 15) is 0 Å². The number of hydrogen-bond donors (Lipinski definition) is 0. The van der Waals surface area contributed by atoms with Crippen LogP contribution in [0.1, 0.15) is 68.6 Å².